The smallest absolute Gasteiger partial charge is 0.315 e. The highest BCUT2D eigenvalue weighted by Crippen LogP contribution is 2.35. The van der Waals surface area contributed by atoms with Crippen molar-refractivity contribution >= 4 is 35.6 Å². The number of nitrogens with one attached hydrogen (secondary N) is 2. The first-order valence-electron chi connectivity index (χ1n) is 14.5. The van der Waals surface area contributed by atoms with Crippen LogP contribution in [0.2, 0.25) is 0 Å². The molecule has 0 aliphatic carbocycles. The summed E-state index contributed by atoms with van der Waals surface area (Å²) < 4.78 is 23.1. The lowest BCUT2D eigenvalue weighted by Gasteiger charge is -2.47. The van der Waals surface area contributed by atoms with Crippen molar-refractivity contribution in [2.75, 3.05) is 18.9 Å². The summed E-state index contributed by atoms with van der Waals surface area (Å²) in [5.41, 5.74) is 1.47. The molecule has 0 bridgehead atoms. The van der Waals surface area contributed by atoms with Gasteiger partial charge in [-0.25, -0.2) is 4.79 Å². The van der Waals surface area contributed by atoms with E-state index in [1.807, 2.05) is 11.8 Å². The number of imide groups is 1. The molecule has 0 radical (unpaired) electrons. The van der Waals surface area contributed by atoms with Crippen LogP contribution in [-0.2, 0) is 39.9 Å². The van der Waals surface area contributed by atoms with Crippen LogP contribution in [-0.4, -0.2) is 106 Å². The highest BCUT2D eigenvalue weighted by molar-refractivity contribution is 8.00. The highest BCUT2D eigenvalue weighted by Gasteiger charge is 2.50. The maximum atomic E-state index is 12.3. The number of ether oxygens (including phenoxy) is 4. The lowest BCUT2D eigenvalue weighted by Crippen LogP contribution is -2.63. The standard InChI is InChI=1S/C29H35N3O10S/c33-21-9-10-22(34)32(21)11-18-25(36)26(37)27-19(41-18)13-40-28(42-27)16-7-5-15(6-8-16)12-39-23(35)4-2-1-3-20-24-17(14-43-20)30-29(38)31-24/h5-10,17-20,24-28,36-37H,1-4,11-14H2,(H2,30,31,38)/t17-,18-,19+,20-,24-,25-,26+,27?,28?/m0/s1/i13+1,18+1,19+1,25+1,26+1,27+1. The van der Waals surface area contributed by atoms with E-state index in [1.165, 1.54) is 0 Å². The molecule has 5 heterocycles. The SMILES string of the molecule is O=C1N[C@H]2[C@H](CS[C@H]2CCCCC(=O)OCc2ccc(C3O[13CH2][13C@H]4O[13C@@H](CN5C(=O)C=CC5=O)[13C@H](O)[13C@@H](O)[13CH]4O3)cc2)N1. The number of hydrogen-bond acceptors (Lipinski definition) is 11. The molecule has 0 spiro atoms. The Morgan fingerprint density at radius 3 is 2.56 bits per heavy atom. The molecule has 2 unspecified atom stereocenters. The molecule has 1 aromatic carbocycles. The largest absolute Gasteiger partial charge is 0.461 e. The Labute approximate surface area is 252 Å². The van der Waals surface area contributed by atoms with E-state index in [0.29, 0.717) is 17.2 Å². The van der Waals surface area contributed by atoms with E-state index in [0.717, 1.165) is 47.6 Å². The van der Waals surface area contributed by atoms with Gasteiger partial charge in [-0.1, -0.05) is 30.7 Å². The molecule has 1 aromatic rings. The van der Waals surface area contributed by atoms with Crippen LogP contribution < -0.4 is 10.6 Å². The number of fused-ring (bicyclic) bond motifs is 2. The monoisotopic (exact) mass is 623 g/mol. The molecular weight excluding hydrogens is 588 g/mol. The fraction of sp³-hybridized carbons (Fsp3) is 0.586. The Balaban J connectivity index is 0.920. The fourth-order valence-electron chi connectivity index (χ4n) is 6.06. The quantitative estimate of drug-likeness (QED) is 0.0928. The second-order valence-electron chi connectivity index (χ2n) is 11.4. The van der Waals surface area contributed by atoms with Gasteiger partial charge in [-0.3, -0.25) is 19.3 Å². The van der Waals surface area contributed by atoms with Crippen LogP contribution in [0.1, 0.15) is 43.1 Å². The molecule has 4 N–H and O–H groups in total. The van der Waals surface area contributed by atoms with Crippen molar-refractivity contribution in [2.45, 2.75) is 86.4 Å². The number of esters is 1. The highest BCUT2D eigenvalue weighted by atomic mass is 32.2. The normalized spacial score (nSPS) is 35.0. The van der Waals surface area contributed by atoms with Gasteiger partial charge in [0, 0.05) is 35.1 Å². The number of urea groups is 1. The summed E-state index contributed by atoms with van der Waals surface area (Å²) >= 11 is 1.86. The van der Waals surface area contributed by atoms with Gasteiger partial charge in [0.1, 0.15) is 37.1 Å². The number of aliphatic hydroxyl groups is 2. The third-order valence-electron chi connectivity index (χ3n) is 8.45. The average Bonchev–Trinajstić information content (AvgIpc) is 3.66. The van der Waals surface area contributed by atoms with E-state index < -0.39 is 48.6 Å². The lowest BCUT2D eigenvalue weighted by molar-refractivity contribution is -0.328. The maximum Gasteiger partial charge on any atom is 0.315 e. The number of rotatable bonds is 10. The number of amides is 4. The van der Waals surface area contributed by atoms with Gasteiger partial charge in [-0.05, 0) is 18.4 Å². The second kappa shape index (κ2) is 12.9. The third kappa shape index (κ3) is 6.59. The van der Waals surface area contributed by atoms with Crippen molar-refractivity contribution < 1.29 is 48.3 Å². The van der Waals surface area contributed by atoms with Crippen molar-refractivity contribution in [3.8, 4) is 0 Å². The van der Waals surface area contributed by atoms with Crippen LogP contribution in [0, 0.1) is 0 Å². The maximum absolute atomic E-state index is 12.3. The first-order valence-corrected chi connectivity index (χ1v) is 15.6. The Kier molecular flexibility index (Phi) is 9.03. The molecular formula is C29H35N3O10S. The Bertz CT molecular complexity index is 1240. The number of aliphatic hydroxyl groups excluding tert-OH is 2. The third-order valence-corrected chi connectivity index (χ3v) is 9.96. The van der Waals surface area contributed by atoms with Gasteiger partial charge in [-0.15, -0.1) is 0 Å². The lowest BCUT2D eigenvalue weighted by atomic mass is 10.0. The number of carbonyl (C=O) groups excluding carboxylic acids is 4. The zero-order valence-corrected chi connectivity index (χ0v) is 24.1. The predicted molar refractivity (Wildman–Crippen MR) is 150 cm³/mol. The van der Waals surface area contributed by atoms with Crippen molar-refractivity contribution in [1.29, 1.82) is 0 Å². The fourth-order valence-corrected chi connectivity index (χ4v) is 7.61. The van der Waals surface area contributed by atoms with Crippen LogP contribution in [0.3, 0.4) is 0 Å². The summed E-state index contributed by atoms with van der Waals surface area (Å²) in [6.45, 7) is 0.00985. The van der Waals surface area contributed by atoms with E-state index in [9.17, 15) is 29.4 Å². The average molecular weight is 624 g/mol. The summed E-state index contributed by atoms with van der Waals surface area (Å²) in [5, 5.41) is 27.7. The minimum absolute atomic E-state index is 0.0708. The van der Waals surface area contributed by atoms with Gasteiger partial charge < -0.3 is 39.8 Å². The van der Waals surface area contributed by atoms with Crippen molar-refractivity contribution in [1.82, 2.24) is 15.5 Å². The van der Waals surface area contributed by atoms with E-state index in [-0.39, 0.29) is 43.8 Å². The number of benzene rings is 1. The van der Waals surface area contributed by atoms with Crippen molar-refractivity contribution in [3.63, 3.8) is 0 Å². The van der Waals surface area contributed by atoms with Crippen molar-refractivity contribution in [3.05, 3.63) is 47.5 Å². The molecule has 0 aromatic heterocycles. The molecule has 6 rings (SSSR count). The molecule has 4 fully saturated rings. The minimum atomic E-state index is -1.38. The summed E-state index contributed by atoms with van der Waals surface area (Å²) in [6, 6.07) is 7.44. The summed E-state index contributed by atoms with van der Waals surface area (Å²) in [6.07, 6.45) is -0.890. The van der Waals surface area contributed by atoms with Crippen LogP contribution in [0.25, 0.3) is 0 Å². The van der Waals surface area contributed by atoms with E-state index >= 15 is 0 Å². The topological polar surface area (TPSA) is 173 Å². The molecule has 43 heavy (non-hydrogen) atoms. The number of thioether (sulfide) groups is 1. The van der Waals surface area contributed by atoms with Gasteiger partial charge in [0.15, 0.2) is 6.29 Å². The van der Waals surface area contributed by atoms with Crippen LogP contribution in [0.4, 0.5) is 4.79 Å². The minimum Gasteiger partial charge on any atom is -0.461 e. The first-order chi connectivity index (χ1) is 20.8. The number of hydrogen-bond donors (Lipinski definition) is 4. The van der Waals surface area contributed by atoms with E-state index in [1.54, 1.807) is 24.3 Å². The van der Waals surface area contributed by atoms with Crippen LogP contribution in [0.5, 0.6) is 0 Å². The molecule has 5 aliphatic heterocycles. The number of unbranched alkanes of at least 4 members (excludes halogenated alkanes) is 1. The zero-order valence-electron chi connectivity index (χ0n) is 23.3. The molecule has 0 saturated carbocycles. The molecule has 14 heteroatoms. The second-order valence-corrected chi connectivity index (χ2v) is 12.6. The Morgan fingerprint density at radius 1 is 1.02 bits per heavy atom. The zero-order chi connectivity index (χ0) is 30.1. The van der Waals surface area contributed by atoms with Crippen LogP contribution in [0.15, 0.2) is 36.4 Å². The molecule has 232 valence electrons. The van der Waals surface area contributed by atoms with E-state index in [2.05, 4.69) is 10.6 Å². The van der Waals surface area contributed by atoms with Gasteiger partial charge >= 0.3 is 12.0 Å². The van der Waals surface area contributed by atoms with E-state index in [4.69, 9.17) is 18.9 Å². The number of carbonyl (C=O) groups is 4. The summed E-state index contributed by atoms with van der Waals surface area (Å²) in [4.78, 5) is 48.5. The van der Waals surface area contributed by atoms with Gasteiger partial charge in [0.2, 0.25) is 0 Å². The molecule has 5 aliphatic rings. The molecule has 4 saturated heterocycles. The predicted octanol–water partition coefficient (Wildman–Crippen LogP) is 0.284. The Hall–Kier alpha value is -3.01. The molecule has 9 atom stereocenters. The van der Waals surface area contributed by atoms with Crippen molar-refractivity contribution in [2.24, 2.45) is 0 Å². The van der Waals surface area contributed by atoms with Gasteiger partial charge in [-0.2, -0.15) is 11.8 Å². The van der Waals surface area contributed by atoms with Crippen LogP contribution >= 0.6 is 11.8 Å². The number of nitrogens with zero attached hydrogens (tertiary/aromatic N) is 1. The Morgan fingerprint density at radius 2 is 1.79 bits per heavy atom. The molecule has 4 amide bonds. The molecule has 13 nitrogen and oxygen atoms in total. The van der Waals surface area contributed by atoms with Gasteiger partial charge in [0.25, 0.3) is 11.8 Å². The van der Waals surface area contributed by atoms with Gasteiger partial charge in [0.05, 0.1) is 25.2 Å². The summed E-state index contributed by atoms with van der Waals surface area (Å²) in [5.74, 6) is -0.349. The first kappa shape index (κ1) is 30.0. The summed E-state index contributed by atoms with van der Waals surface area (Å²) in [7, 11) is 0.